The summed E-state index contributed by atoms with van der Waals surface area (Å²) in [7, 11) is 1.49. The maximum Gasteiger partial charge on any atom is 0.293 e. The molecule has 0 spiro atoms. The molecular formula is C11H10ClNO3S. The largest absolute Gasteiger partial charge is 0.494 e. The van der Waals surface area contributed by atoms with E-state index >= 15 is 0 Å². The van der Waals surface area contributed by atoms with Crippen molar-refractivity contribution in [3.8, 4) is 5.75 Å². The molecule has 0 saturated carbocycles. The van der Waals surface area contributed by atoms with Crippen LogP contribution in [0, 0.1) is 6.92 Å². The summed E-state index contributed by atoms with van der Waals surface area (Å²) < 4.78 is 5.23. The Balaban J connectivity index is 2.55. The van der Waals surface area contributed by atoms with Crippen LogP contribution in [0.1, 0.15) is 5.56 Å². The molecule has 90 valence electrons. The first-order valence-electron chi connectivity index (χ1n) is 4.89. The minimum atomic E-state index is -0.282. The molecular weight excluding hydrogens is 262 g/mol. The lowest BCUT2D eigenvalue weighted by Gasteiger charge is -2.18. The Hall–Kier alpha value is -1.20. The third-order valence-corrected chi connectivity index (χ3v) is 3.75. The van der Waals surface area contributed by atoms with Crippen LogP contribution >= 0.6 is 23.4 Å². The molecule has 1 heterocycles. The Morgan fingerprint density at radius 2 is 2.12 bits per heavy atom. The van der Waals surface area contributed by atoms with Gasteiger partial charge >= 0.3 is 0 Å². The van der Waals surface area contributed by atoms with Gasteiger partial charge in [0.05, 0.1) is 18.6 Å². The molecule has 1 aromatic rings. The van der Waals surface area contributed by atoms with E-state index in [1.165, 1.54) is 7.11 Å². The summed E-state index contributed by atoms with van der Waals surface area (Å²) in [6, 6.07) is 3.27. The van der Waals surface area contributed by atoms with Crippen LogP contribution < -0.4 is 9.64 Å². The monoisotopic (exact) mass is 271 g/mol. The molecule has 1 aliphatic heterocycles. The molecule has 6 heteroatoms. The van der Waals surface area contributed by atoms with Gasteiger partial charge in [-0.25, -0.2) is 4.90 Å². The summed E-state index contributed by atoms with van der Waals surface area (Å²) >= 11 is 6.96. The molecule has 0 aliphatic carbocycles. The van der Waals surface area contributed by atoms with Crippen LogP contribution in [0.4, 0.5) is 10.5 Å². The first-order chi connectivity index (χ1) is 8.06. The number of ether oxygens (including phenoxy) is 1. The number of hydrogen-bond acceptors (Lipinski definition) is 4. The predicted molar refractivity (Wildman–Crippen MR) is 68.1 cm³/mol. The van der Waals surface area contributed by atoms with Crippen molar-refractivity contribution < 1.29 is 14.3 Å². The number of halogens is 1. The summed E-state index contributed by atoms with van der Waals surface area (Å²) in [6.07, 6.45) is 0. The van der Waals surface area contributed by atoms with E-state index in [1.807, 2.05) is 0 Å². The molecule has 1 aliphatic rings. The summed E-state index contributed by atoms with van der Waals surface area (Å²) in [5.41, 5.74) is 1.17. The lowest BCUT2D eigenvalue weighted by atomic mass is 10.1. The number of thioether (sulfide) groups is 1. The van der Waals surface area contributed by atoms with Crippen LogP contribution in [0.2, 0.25) is 5.02 Å². The summed E-state index contributed by atoms with van der Waals surface area (Å²) in [4.78, 5) is 24.4. The van der Waals surface area contributed by atoms with Crippen LogP contribution in [0.15, 0.2) is 12.1 Å². The minimum absolute atomic E-state index is 0.170. The minimum Gasteiger partial charge on any atom is -0.494 e. The maximum atomic E-state index is 11.6. The molecule has 1 saturated heterocycles. The van der Waals surface area contributed by atoms with Crippen molar-refractivity contribution in [3.05, 3.63) is 22.7 Å². The molecule has 2 rings (SSSR count). The van der Waals surface area contributed by atoms with E-state index in [2.05, 4.69) is 0 Å². The molecule has 17 heavy (non-hydrogen) atoms. The van der Waals surface area contributed by atoms with E-state index in [0.717, 1.165) is 16.7 Å². The van der Waals surface area contributed by atoms with Crippen molar-refractivity contribution in [2.45, 2.75) is 6.92 Å². The van der Waals surface area contributed by atoms with Crippen LogP contribution in [0.5, 0.6) is 5.75 Å². The number of rotatable bonds is 2. The first-order valence-corrected chi connectivity index (χ1v) is 6.25. The van der Waals surface area contributed by atoms with Gasteiger partial charge in [-0.2, -0.15) is 0 Å². The van der Waals surface area contributed by atoms with Gasteiger partial charge in [-0.3, -0.25) is 9.59 Å². The Morgan fingerprint density at radius 1 is 1.41 bits per heavy atom. The fraction of sp³-hybridized carbons (Fsp3) is 0.273. The van der Waals surface area contributed by atoms with E-state index in [0.29, 0.717) is 22.0 Å². The molecule has 0 radical (unpaired) electrons. The quantitative estimate of drug-likeness (QED) is 0.830. The van der Waals surface area contributed by atoms with Crippen molar-refractivity contribution in [3.63, 3.8) is 0 Å². The zero-order valence-electron chi connectivity index (χ0n) is 9.32. The van der Waals surface area contributed by atoms with Gasteiger partial charge in [-0.1, -0.05) is 23.4 Å². The second kappa shape index (κ2) is 4.58. The van der Waals surface area contributed by atoms with Crippen molar-refractivity contribution in [2.24, 2.45) is 0 Å². The lowest BCUT2D eigenvalue weighted by molar-refractivity contribution is -0.115. The molecule has 1 fully saturated rings. The zero-order valence-corrected chi connectivity index (χ0v) is 10.9. The molecule has 0 bridgehead atoms. The average Bonchev–Trinajstić information content (AvgIpc) is 2.63. The maximum absolute atomic E-state index is 11.6. The summed E-state index contributed by atoms with van der Waals surface area (Å²) in [5.74, 6) is 0.394. The fourth-order valence-corrected chi connectivity index (χ4v) is 2.53. The number of carbonyl (C=O) groups excluding carboxylic acids is 2. The normalized spacial score (nSPS) is 15.6. The highest BCUT2D eigenvalue weighted by Gasteiger charge is 2.33. The van der Waals surface area contributed by atoms with Crippen LogP contribution in [0.3, 0.4) is 0 Å². The Morgan fingerprint density at radius 3 is 2.65 bits per heavy atom. The standard InChI is InChI=1S/C11H10ClNO3S/c1-6-7(12)3-4-8(10(6)16-2)13-9(14)5-17-11(13)15/h3-4H,5H2,1-2H3. The van der Waals surface area contributed by atoms with Crippen molar-refractivity contribution >= 4 is 40.2 Å². The van der Waals surface area contributed by atoms with Crippen molar-refractivity contribution in [1.82, 2.24) is 0 Å². The lowest BCUT2D eigenvalue weighted by Crippen LogP contribution is -2.28. The summed E-state index contributed by atoms with van der Waals surface area (Å²) in [6.45, 7) is 1.78. The van der Waals surface area contributed by atoms with Gasteiger partial charge in [0, 0.05) is 10.6 Å². The Kier molecular flexibility index (Phi) is 3.31. The number of amides is 2. The third-order valence-electron chi connectivity index (χ3n) is 2.52. The van der Waals surface area contributed by atoms with Gasteiger partial charge in [-0.05, 0) is 19.1 Å². The van der Waals surface area contributed by atoms with Gasteiger partial charge in [-0.15, -0.1) is 0 Å². The van der Waals surface area contributed by atoms with Gasteiger partial charge in [0.15, 0.2) is 0 Å². The highest BCUT2D eigenvalue weighted by Crippen LogP contribution is 2.38. The number of carbonyl (C=O) groups is 2. The summed E-state index contributed by atoms with van der Waals surface area (Å²) in [5, 5.41) is 0.257. The molecule has 4 nitrogen and oxygen atoms in total. The number of methoxy groups -OCH3 is 1. The first kappa shape index (κ1) is 12.3. The molecule has 0 aromatic heterocycles. The number of anilines is 1. The smallest absolute Gasteiger partial charge is 0.293 e. The van der Waals surface area contributed by atoms with Crippen molar-refractivity contribution in [1.29, 1.82) is 0 Å². The average molecular weight is 272 g/mol. The fourth-order valence-electron chi connectivity index (χ4n) is 1.67. The van der Waals surface area contributed by atoms with E-state index in [1.54, 1.807) is 19.1 Å². The van der Waals surface area contributed by atoms with E-state index in [9.17, 15) is 9.59 Å². The van der Waals surface area contributed by atoms with E-state index in [-0.39, 0.29) is 16.9 Å². The van der Waals surface area contributed by atoms with Gasteiger partial charge in [0.1, 0.15) is 5.75 Å². The topological polar surface area (TPSA) is 46.6 Å². The van der Waals surface area contributed by atoms with Gasteiger partial charge in [0.25, 0.3) is 5.24 Å². The third kappa shape index (κ3) is 2.00. The Labute approximate surface area is 108 Å². The predicted octanol–water partition coefficient (Wildman–Crippen LogP) is 2.86. The van der Waals surface area contributed by atoms with E-state index in [4.69, 9.17) is 16.3 Å². The molecule has 0 N–H and O–H groups in total. The van der Waals surface area contributed by atoms with Crippen LogP contribution in [-0.2, 0) is 4.79 Å². The number of imide groups is 1. The molecule has 0 unspecified atom stereocenters. The SMILES string of the molecule is COc1c(N2C(=O)CSC2=O)ccc(Cl)c1C. The second-order valence-electron chi connectivity index (χ2n) is 3.51. The number of benzene rings is 1. The molecule has 0 atom stereocenters. The van der Waals surface area contributed by atoms with Gasteiger partial charge < -0.3 is 4.74 Å². The molecule has 2 amide bonds. The second-order valence-corrected chi connectivity index (χ2v) is 4.84. The number of hydrogen-bond donors (Lipinski definition) is 0. The Bertz CT molecular complexity index is 488. The van der Waals surface area contributed by atoms with E-state index < -0.39 is 0 Å². The highest BCUT2D eigenvalue weighted by atomic mass is 35.5. The van der Waals surface area contributed by atoms with Gasteiger partial charge in [0.2, 0.25) is 5.91 Å². The number of nitrogens with zero attached hydrogens (tertiary/aromatic N) is 1. The molecule has 1 aromatic carbocycles. The zero-order chi connectivity index (χ0) is 12.6. The highest BCUT2D eigenvalue weighted by molar-refractivity contribution is 8.15. The van der Waals surface area contributed by atoms with Crippen LogP contribution in [0.25, 0.3) is 0 Å². The van der Waals surface area contributed by atoms with Crippen LogP contribution in [-0.4, -0.2) is 24.0 Å². The van der Waals surface area contributed by atoms with Crippen molar-refractivity contribution in [2.75, 3.05) is 17.8 Å².